The van der Waals surface area contributed by atoms with Crippen LogP contribution in [0, 0.1) is 12.8 Å². The summed E-state index contributed by atoms with van der Waals surface area (Å²) in [5.41, 5.74) is 0.734. The van der Waals surface area contributed by atoms with Crippen molar-refractivity contribution < 1.29 is 9.90 Å². The summed E-state index contributed by atoms with van der Waals surface area (Å²) in [6.07, 6.45) is 0. The van der Waals surface area contributed by atoms with Crippen LogP contribution in [0.1, 0.15) is 29.9 Å². The van der Waals surface area contributed by atoms with Crippen LogP contribution >= 0.6 is 23.1 Å². The van der Waals surface area contributed by atoms with Crippen molar-refractivity contribution in [3.63, 3.8) is 0 Å². The molecule has 2 aromatic heterocycles. The zero-order valence-corrected chi connectivity index (χ0v) is 13.2. The molecule has 20 heavy (non-hydrogen) atoms. The number of nitrogens with zero attached hydrogens (tertiary/aromatic N) is 2. The highest BCUT2D eigenvalue weighted by Gasteiger charge is 2.19. The molecule has 0 saturated heterocycles. The van der Waals surface area contributed by atoms with E-state index >= 15 is 0 Å². The second kappa shape index (κ2) is 6.37. The van der Waals surface area contributed by atoms with Crippen molar-refractivity contribution in [2.45, 2.75) is 25.8 Å². The molecule has 0 aromatic carbocycles. The van der Waals surface area contributed by atoms with Gasteiger partial charge in [-0.25, -0.2) is 14.8 Å². The van der Waals surface area contributed by atoms with Crippen molar-refractivity contribution in [2.75, 3.05) is 5.75 Å². The van der Waals surface area contributed by atoms with Gasteiger partial charge in [0.15, 0.2) is 5.82 Å². The van der Waals surface area contributed by atoms with Crippen LogP contribution < -0.4 is 0 Å². The predicted octanol–water partition coefficient (Wildman–Crippen LogP) is 3.96. The number of thiophene rings is 1. The molecule has 0 amide bonds. The van der Waals surface area contributed by atoms with Crippen LogP contribution in [-0.4, -0.2) is 26.8 Å². The number of aromatic nitrogens is 2. The Morgan fingerprint density at radius 1 is 1.45 bits per heavy atom. The van der Waals surface area contributed by atoms with Crippen LogP contribution in [0.25, 0.3) is 10.7 Å². The van der Waals surface area contributed by atoms with Crippen molar-refractivity contribution in [3.8, 4) is 10.7 Å². The Morgan fingerprint density at radius 3 is 2.75 bits per heavy atom. The van der Waals surface area contributed by atoms with E-state index < -0.39 is 5.97 Å². The molecule has 4 nitrogen and oxygen atoms in total. The molecule has 2 rings (SSSR count). The van der Waals surface area contributed by atoms with Gasteiger partial charge in [0.25, 0.3) is 0 Å². The molecule has 0 radical (unpaired) electrons. The zero-order valence-electron chi connectivity index (χ0n) is 11.6. The first-order valence-corrected chi connectivity index (χ1v) is 8.14. The predicted molar refractivity (Wildman–Crippen MR) is 82.6 cm³/mol. The Hall–Kier alpha value is -1.40. The summed E-state index contributed by atoms with van der Waals surface area (Å²) >= 11 is 3.03. The molecule has 2 aromatic rings. The fraction of sp³-hybridized carbons (Fsp3) is 0.357. The van der Waals surface area contributed by atoms with Gasteiger partial charge in [0.2, 0.25) is 0 Å². The third kappa shape index (κ3) is 3.37. The van der Waals surface area contributed by atoms with Crippen molar-refractivity contribution in [1.29, 1.82) is 0 Å². The van der Waals surface area contributed by atoms with E-state index in [-0.39, 0.29) is 5.56 Å². The highest BCUT2D eigenvalue weighted by molar-refractivity contribution is 7.99. The number of carbonyl (C=O) groups is 1. The van der Waals surface area contributed by atoms with Crippen molar-refractivity contribution in [2.24, 2.45) is 5.92 Å². The summed E-state index contributed by atoms with van der Waals surface area (Å²) in [4.78, 5) is 21.1. The number of thioether (sulfide) groups is 1. The fourth-order valence-corrected chi connectivity index (χ4v) is 3.34. The van der Waals surface area contributed by atoms with E-state index in [4.69, 9.17) is 0 Å². The molecule has 2 heterocycles. The Labute approximate surface area is 126 Å². The highest BCUT2D eigenvalue weighted by Crippen LogP contribution is 2.29. The maximum absolute atomic E-state index is 11.4. The lowest BCUT2D eigenvalue weighted by Crippen LogP contribution is -2.08. The fourth-order valence-electron chi connectivity index (χ4n) is 1.66. The topological polar surface area (TPSA) is 63.1 Å². The number of hydrogen-bond acceptors (Lipinski definition) is 5. The first-order valence-electron chi connectivity index (χ1n) is 6.27. The van der Waals surface area contributed by atoms with Crippen molar-refractivity contribution in [3.05, 3.63) is 28.8 Å². The summed E-state index contributed by atoms with van der Waals surface area (Å²) in [5.74, 6) is 0.947. The summed E-state index contributed by atoms with van der Waals surface area (Å²) in [5, 5.41) is 11.9. The van der Waals surface area contributed by atoms with Crippen LogP contribution in [0.3, 0.4) is 0 Å². The summed E-state index contributed by atoms with van der Waals surface area (Å²) < 4.78 is 0. The van der Waals surface area contributed by atoms with E-state index in [1.54, 1.807) is 18.3 Å². The Kier molecular flexibility index (Phi) is 4.77. The SMILES string of the molecule is Cc1nc(-c2cccs2)nc(SCC(C)C)c1C(=O)O. The van der Waals surface area contributed by atoms with E-state index in [0.717, 1.165) is 10.6 Å². The quantitative estimate of drug-likeness (QED) is 0.669. The molecule has 0 fully saturated rings. The van der Waals surface area contributed by atoms with E-state index in [9.17, 15) is 9.90 Å². The normalized spacial score (nSPS) is 11.0. The second-order valence-corrected chi connectivity index (χ2v) is 6.76. The lowest BCUT2D eigenvalue weighted by Gasteiger charge is -2.10. The number of hydrogen-bond donors (Lipinski definition) is 1. The van der Waals surface area contributed by atoms with Crippen molar-refractivity contribution >= 4 is 29.1 Å². The lowest BCUT2D eigenvalue weighted by molar-refractivity contribution is 0.0691. The minimum absolute atomic E-state index is 0.218. The van der Waals surface area contributed by atoms with E-state index in [0.29, 0.717) is 22.5 Å². The van der Waals surface area contributed by atoms with Crippen LogP contribution in [0.4, 0.5) is 0 Å². The van der Waals surface area contributed by atoms with Gasteiger partial charge in [-0.05, 0) is 24.3 Å². The maximum atomic E-state index is 11.4. The third-order valence-electron chi connectivity index (χ3n) is 2.57. The monoisotopic (exact) mass is 308 g/mol. The first-order chi connectivity index (χ1) is 9.49. The Morgan fingerprint density at radius 2 is 2.20 bits per heavy atom. The molecule has 0 saturated carbocycles. The Balaban J connectivity index is 2.46. The average molecular weight is 308 g/mol. The molecule has 106 valence electrons. The highest BCUT2D eigenvalue weighted by atomic mass is 32.2. The summed E-state index contributed by atoms with van der Waals surface area (Å²) in [6.45, 7) is 5.92. The van der Waals surface area contributed by atoms with Gasteiger partial charge < -0.3 is 5.11 Å². The summed E-state index contributed by atoms with van der Waals surface area (Å²) in [7, 11) is 0. The van der Waals surface area contributed by atoms with Crippen molar-refractivity contribution in [1.82, 2.24) is 9.97 Å². The van der Waals surface area contributed by atoms with Gasteiger partial charge in [-0.15, -0.1) is 23.1 Å². The minimum Gasteiger partial charge on any atom is -0.478 e. The molecule has 0 spiro atoms. The van der Waals surface area contributed by atoms with Gasteiger partial charge >= 0.3 is 5.97 Å². The standard InChI is InChI=1S/C14H16N2O2S2/c1-8(2)7-20-13-11(14(17)18)9(3)15-12(16-13)10-5-4-6-19-10/h4-6,8H,7H2,1-3H3,(H,17,18). The van der Waals surface area contributed by atoms with Gasteiger partial charge in [-0.3, -0.25) is 0 Å². The zero-order chi connectivity index (χ0) is 14.7. The molecule has 1 N–H and O–H groups in total. The van der Waals surface area contributed by atoms with Gasteiger partial charge in [-0.2, -0.15) is 0 Å². The van der Waals surface area contributed by atoms with E-state index in [2.05, 4.69) is 23.8 Å². The molecule has 0 aliphatic heterocycles. The number of carboxylic acids is 1. The largest absolute Gasteiger partial charge is 0.478 e. The Bertz CT molecular complexity index is 610. The second-order valence-electron chi connectivity index (χ2n) is 4.80. The smallest absolute Gasteiger partial charge is 0.340 e. The average Bonchev–Trinajstić information content (AvgIpc) is 2.88. The molecular weight excluding hydrogens is 292 g/mol. The third-order valence-corrected chi connectivity index (χ3v) is 4.83. The number of carboxylic acid groups (broad SMARTS) is 1. The number of aryl methyl sites for hydroxylation is 1. The molecule has 0 unspecified atom stereocenters. The molecular formula is C14H16N2O2S2. The van der Waals surface area contributed by atoms with Gasteiger partial charge in [0, 0.05) is 5.75 Å². The molecule has 0 atom stereocenters. The molecule has 6 heteroatoms. The lowest BCUT2D eigenvalue weighted by atomic mass is 10.2. The summed E-state index contributed by atoms with van der Waals surface area (Å²) in [6, 6.07) is 3.88. The van der Waals surface area contributed by atoms with E-state index in [1.165, 1.54) is 11.8 Å². The van der Waals surface area contributed by atoms with E-state index in [1.807, 2.05) is 17.5 Å². The van der Waals surface area contributed by atoms with Crippen LogP contribution in [-0.2, 0) is 0 Å². The molecule has 0 aliphatic carbocycles. The number of rotatable bonds is 5. The minimum atomic E-state index is -0.966. The van der Waals surface area contributed by atoms with Crippen LogP contribution in [0.2, 0.25) is 0 Å². The van der Waals surface area contributed by atoms with Crippen LogP contribution in [0.15, 0.2) is 22.5 Å². The van der Waals surface area contributed by atoms with Gasteiger partial charge in [-0.1, -0.05) is 19.9 Å². The molecule has 0 aliphatic rings. The van der Waals surface area contributed by atoms with Gasteiger partial charge in [0.05, 0.1) is 10.6 Å². The maximum Gasteiger partial charge on any atom is 0.340 e. The number of aromatic carboxylic acids is 1. The van der Waals surface area contributed by atoms with Gasteiger partial charge in [0.1, 0.15) is 10.6 Å². The van der Waals surface area contributed by atoms with Crippen LogP contribution in [0.5, 0.6) is 0 Å². The molecule has 0 bridgehead atoms. The first kappa shape index (κ1) is 15.0.